The SMILES string of the molecule is [2H]c1ccc2cc(-c3ccccc3-c3c4ccccc4c(-c4ccccc4-c4ccc(C(C)C)c5c4-c4ccccc4C5)c4ccccc34)ccc2c1. The highest BCUT2D eigenvalue weighted by Crippen LogP contribution is 2.51. The van der Waals surface area contributed by atoms with Crippen LogP contribution < -0.4 is 0 Å². The van der Waals surface area contributed by atoms with Crippen LogP contribution in [0.15, 0.2) is 176 Å². The van der Waals surface area contributed by atoms with E-state index in [1.54, 1.807) is 0 Å². The second kappa shape index (κ2) is 12.2. The van der Waals surface area contributed by atoms with Crippen molar-refractivity contribution < 1.29 is 1.37 Å². The van der Waals surface area contributed by atoms with Crippen molar-refractivity contribution in [2.45, 2.75) is 26.2 Å². The Bertz CT molecular complexity index is 2850. The van der Waals surface area contributed by atoms with Gasteiger partial charge in [-0.05, 0) is 123 Å². The molecule has 0 unspecified atom stereocenters. The molecule has 0 spiro atoms. The van der Waals surface area contributed by atoms with Crippen molar-refractivity contribution in [2.24, 2.45) is 0 Å². The zero-order valence-electron chi connectivity index (χ0n) is 30.5. The molecule has 246 valence electrons. The number of benzene rings is 9. The van der Waals surface area contributed by atoms with Gasteiger partial charge in [0.25, 0.3) is 0 Å². The van der Waals surface area contributed by atoms with Crippen LogP contribution in [0.4, 0.5) is 0 Å². The molecule has 0 heterocycles. The van der Waals surface area contributed by atoms with Crippen molar-refractivity contribution in [1.82, 2.24) is 0 Å². The van der Waals surface area contributed by atoms with Gasteiger partial charge in [-0.25, -0.2) is 0 Å². The molecule has 10 rings (SSSR count). The van der Waals surface area contributed by atoms with Gasteiger partial charge in [0.2, 0.25) is 0 Å². The Labute approximate surface area is 307 Å². The largest absolute Gasteiger partial charge is 0.0623 e. The van der Waals surface area contributed by atoms with E-state index < -0.39 is 0 Å². The lowest BCUT2D eigenvalue weighted by Gasteiger charge is -2.22. The van der Waals surface area contributed by atoms with Crippen LogP contribution in [0.5, 0.6) is 0 Å². The van der Waals surface area contributed by atoms with Gasteiger partial charge in [0.05, 0.1) is 1.37 Å². The first-order valence-electron chi connectivity index (χ1n) is 18.9. The molecular formula is C52H38. The first-order chi connectivity index (χ1) is 26.0. The molecule has 0 bridgehead atoms. The molecule has 0 N–H and O–H groups in total. The third kappa shape index (κ3) is 4.75. The molecule has 0 heteroatoms. The lowest BCUT2D eigenvalue weighted by molar-refractivity contribution is 0.853. The van der Waals surface area contributed by atoms with Gasteiger partial charge >= 0.3 is 0 Å². The Hall–Kier alpha value is -6.24. The maximum Gasteiger partial charge on any atom is 0.0623 e. The maximum atomic E-state index is 8.12. The van der Waals surface area contributed by atoms with E-state index >= 15 is 0 Å². The third-order valence-electron chi connectivity index (χ3n) is 11.2. The number of fused-ring (bicyclic) bond motifs is 6. The summed E-state index contributed by atoms with van der Waals surface area (Å²) in [7, 11) is 0. The fourth-order valence-electron chi connectivity index (χ4n) is 8.93. The van der Waals surface area contributed by atoms with Gasteiger partial charge in [-0.15, -0.1) is 0 Å². The van der Waals surface area contributed by atoms with E-state index in [2.05, 4.69) is 172 Å². The topological polar surface area (TPSA) is 0 Å². The van der Waals surface area contributed by atoms with E-state index in [9.17, 15) is 0 Å². The predicted molar refractivity (Wildman–Crippen MR) is 223 cm³/mol. The first kappa shape index (κ1) is 29.5. The summed E-state index contributed by atoms with van der Waals surface area (Å²) >= 11 is 0. The Kier molecular flexibility index (Phi) is 6.93. The zero-order chi connectivity index (χ0) is 35.6. The van der Waals surface area contributed by atoms with Crippen molar-refractivity contribution in [2.75, 3.05) is 0 Å². The van der Waals surface area contributed by atoms with Crippen LogP contribution in [0.2, 0.25) is 0 Å². The molecule has 0 fully saturated rings. The molecule has 1 aliphatic carbocycles. The van der Waals surface area contributed by atoms with E-state index in [0.29, 0.717) is 12.0 Å². The summed E-state index contributed by atoms with van der Waals surface area (Å²) in [4.78, 5) is 0. The first-order valence-corrected chi connectivity index (χ1v) is 18.4. The molecule has 9 aromatic rings. The van der Waals surface area contributed by atoms with Crippen LogP contribution in [0.3, 0.4) is 0 Å². The minimum atomic E-state index is 0.455. The Morgan fingerprint density at radius 3 is 1.63 bits per heavy atom. The Morgan fingerprint density at radius 2 is 0.981 bits per heavy atom. The fraction of sp³-hybridized carbons (Fsp3) is 0.0769. The molecule has 9 aromatic carbocycles. The Balaban J connectivity index is 1.25. The molecule has 0 saturated heterocycles. The predicted octanol–water partition coefficient (Wildman–Crippen LogP) is 14.5. The third-order valence-corrected chi connectivity index (χ3v) is 11.2. The van der Waals surface area contributed by atoms with Crippen molar-refractivity contribution in [1.29, 1.82) is 0 Å². The lowest BCUT2D eigenvalue weighted by Crippen LogP contribution is -1.98. The number of rotatable bonds is 5. The molecule has 0 aliphatic heterocycles. The van der Waals surface area contributed by atoms with E-state index in [-0.39, 0.29) is 0 Å². The summed E-state index contributed by atoms with van der Waals surface area (Å²) in [6.45, 7) is 4.64. The summed E-state index contributed by atoms with van der Waals surface area (Å²) in [5.41, 5.74) is 17.1. The van der Waals surface area contributed by atoms with Crippen LogP contribution >= 0.6 is 0 Å². The molecule has 0 nitrogen and oxygen atoms in total. The van der Waals surface area contributed by atoms with Crippen molar-refractivity contribution in [3.8, 4) is 55.6 Å². The molecule has 52 heavy (non-hydrogen) atoms. The highest BCUT2D eigenvalue weighted by Gasteiger charge is 2.27. The fourth-order valence-corrected chi connectivity index (χ4v) is 8.93. The summed E-state index contributed by atoms with van der Waals surface area (Å²) in [6.07, 6.45) is 0.984. The minimum Gasteiger partial charge on any atom is -0.0619 e. The van der Waals surface area contributed by atoms with Crippen molar-refractivity contribution in [3.05, 3.63) is 193 Å². The molecule has 0 radical (unpaired) electrons. The second-order valence-corrected chi connectivity index (χ2v) is 14.5. The van der Waals surface area contributed by atoms with Gasteiger partial charge in [0.1, 0.15) is 0 Å². The molecule has 0 atom stereocenters. The van der Waals surface area contributed by atoms with Gasteiger partial charge in [-0.2, -0.15) is 0 Å². The van der Waals surface area contributed by atoms with Crippen molar-refractivity contribution in [3.63, 3.8) is 0 Å². The monoisotopic (exact) mass is 663 g/mol. The normalized spacial score (nSPS) is 12.4. The average molecular weight is 664 g/mol. The standard InChI is InChI=1S/C52H38/c1-33(2)38-29-30-48(50-40-19-6-5-17-36(40)32-49(38)50)41-20-8-10-22-43(41)52-46-25-13-11-23-44(46)51(45-24-12-14-26-47(45)52)42-21-9-7-18-39(42)37-28-27-34-15-3-4-16-35(34)31-37/h3-31,33H,32H2,1-2H3/i3D. The van der Waals surface area contributed by atoms with Gasteiger partial charge in [-0.1, -0.05) is 184 Å². The van der Waals surface area contributed by atoms with Crippen LogP contribution in [0.1, 0.15) is 37.8 Å². The van der Waals surface area contributed by atoms with Gasteiger partial charge < -0.3 is 0 Å². The quantitative estimate of drug-likeness (QED) is 0.161. The van der Waals surface area contributed by atoms with Gasteiger partial charge in [0, 0.05) is 0 Å². The van der Waals surface area contributed by atoms with Crippen LogP contribution in [-0.4, -0.2) is 0 Å². The van der Waals surface area contributed by atoms with E-state index in [1.165, 1.54) is 93.9 Å². The number of hydrogen-bond acceptors (Lipinski definition) is 0. The highest BCUT2D eigenvalue weighted by atomic mass is 14.3. The summed E-state index contributed by atoms with van der Waals surface area (Å²) < 4.78 is 8.12. The molecule has 0 aromatic heterocycles. The van der Waals surface area contributed by atoms with E-state index in [1.807, 2.05) is 12.1 Å². The zero-order valence-corrected chi connectivity index (χ0v) is 29.5. The molecule has 0 saturated carbocycles. The summed E-state index contributed by atoms with van der Waals surface area (Å²) in [6, 6.07) is 62.7. The van der Waals surface area contributed by atoms with E-state index in [0.717, 1.165) is 17.2 Å². The summed E-state index contributed by atoms with van der Waals surface area (Å²) in [5.74, 6) is 0.455. The molecule has 1 aliphatic rings. The average Bonchev–Trinajstić information content (AvgIpc) is 3.59. The van der Waals surface area contributed by atoms with Gasteiger partial charge in [-0.3, -0.25) is 0 Å². The van der Waals surface area contributed by atoms with E-state index in [4.69, 9.17) is 1.37 Å². The Morgan fingerprint density at radius 1 is 0.423 bits per heavy atom. The van der Waals surface area contributed by atoms with Crippen LogP contribution in [-0.2, 0) is 6.42 Å². The van der Waals surface area contributed by atoms with Crippen LogP contribution in [0.25, 0.3) is 88.0 Å². The highest BCUT2D eigenvalue weighted by molar-refractivity contribution is 6.23. The molecular weight excluding hydrogens is 625 g/mol. The van der Waals surface area contributed by atoms with Crippen LogP contribution in [0, 0.1) is 0 Å². The maximum absolute atomic E-state index is 8.12. The second-order valence-electron chi connectivity index (χ2n) is 14.5. The lowest BCUT2D eigenvalue weighted by atomic mass is 9.81. The number of hydrogen-bond donors (Lipinski definition) is 0. The minimum absolute atomic E-state index is 0.455. The van der Waals surface area contributed by atoms with Gasteiger partial charge in [0.15, 0.2) is 0 Å². The van der Waals surface area contributed by atoms with Crippen molar-refractivity contribution >= 4 is 32.3 Å². The molecule has 0 amide bonds. The smallest absolute Gasteiger partial charge is 0.0619 e. The summed E-state index contributed by atoms with van der Waals surface area (Å²) in [5, 5.41) is 7.22.